The SMILES string of the molecule is Cc1cccnc1NC(=O)[C@@]12CCC(=O)N1c1ccccc1C(=O)N2C(C)C. The van der Waals surface area contributed by atoms with E-state index in [0.29, 0.717) is 17.1 Å². The molecule has 0 aliphatic carbocycles. The number of fused-ring (bicyclic) bond motifs is 3. The van der Waals surface area contributed by atoms with E-state index in [9.17, 15) is 14.4 Å². The number of carbonyl (C=O) groups excluding carboxylic acids is 3. The molecule has 1 aromatic carbocycles. The smallest absolute Gasteiger partial charge is 0.273 e. The number of pyridine rings is 1. The molecule has 1 atom stereocenters. The first-order valence-corrected chi connectivity index (χ1v) is 9.36. The van der Waals surface area contributed by atoms with Crippen molar-refractivity contribution in [3.8, 4) is 0 Å². The number of nitrogens with zero attached hydrogens (tertiary/aromatic N) is 3. The molecule has 3 amide bonds. The van der Waals surface area contributed by atoms with E-state index in [4.69, 9.17) is 0 Å². The van der Waals surface area contributed by atoms with Crippen LogP contribution in [-0.4, -0.2) is 39.3 Å². The van der Waals surface area contributed by atoms with Crippen LogP contribution in [-0.2, 0) is 9.59 Å². The summed E-state index contributed by atoms with van der Waals surface area (Å²) < 4.78 is 0. The maximum Gasteiger partial charge on any atom is 0.273 e. The second-order valence-corrected chi connectivity index (χ2v) is 7.45. The number of hydrogen-bond donors (Lipinski definition) is 1. The van der Waals surface area contributed by atoms with Gasteiger partial charge in [-0.1, -0.05) is 18.2 Å². The van der Waals surface area contributed by atoms with Crippen LogP contribution in [0.2, 0.25) is 0 Å². The fourth-order valence-electron chi connectivity index (χ4n) is 4.23. The molecule has 0 bridgehead atoms. The molecule has 2 aliphatic heterocycles. The first-order chi connectivity index (χ1) is 13.4. The molecule has 1 aromatic heterocycles. The minimum atomic E-state index is -1.40. The zero-order chi connectivity index (χ0) is 20.1. The lowest BCUT2D eigenvalue weighted by atomic mass is 9.94. The second kappa shape index (κ2) is 6.44. The lowest BCUT2D eigenvalue weighted by Gasteiger charge is -2.50. The highest BCUT2D eigenvalue weighted by Gasteiger charge is 2.61. The van der Waals surface area contributed by atoms with Gasteiger partial charge in [-0.25, -0.2) is 4.98 Å². The second-order valence-electron chi connectivity index (χ2n) is 7.45. The first-order valence-electron chi connectivity index (χ1n) is 9.36. The third-order valence-electron chi connectivity index (χ3n) is 5.42. The fourth-order valence-corrected chi connectivity index (χ4v) is 4.23. The Kier molecular flexibility index (Phi) is 4.18. The predicted octanol–water partition coefficient (Wildman–Crippen LogP) is 2.72. The number of amides is 3. The van der Waals surface area contributed by atoms with Crippen LogP contribution in [0.15, 0.2) is 42.6 Å². The maximum absolute atomic E-state index is 13.6. The molecular weight excluding hydrogens is 356 g/mol. The normalized spacial score (nSPS) is 21.0. The minimum Gasteiger partial charge on any atom is -0.307 e. The lowest BCUT2D eigenvalue weighted by molar-refractivity contribution is -0.129. The van der Waals surface area contributed by atoms with Gasteiger partial charge in [0.15, 0.2) is 0 Å². The van der Waals surface area contributed by atoms with Gasteiger partial charge in [0, 0.05) is 25.1 Å². The molecule has 7 nitrogen and oxygen atoms in total. The molecule has 4 rings (SSSR count). The van der Waals surface area contributed by atoms with Gasteiger partial charge >= 0.3 is 0 Å². The van der Waals surface area contributed by atoms with Gasteiger partial charge in [-0.15, -0.1) is 0 Å². The standard InChI is InChI=1S/C21H22N4O3/c1-13(2)24-19(27)15-8-4-5-9-16(15)25-17(26)10-11-21(24,25)20(28)23-18-14(3)7-6-12-22-18/h4-9,12-13H,10-11H2,1-3H3,(H,22,23,28)/t21-/m1/s1. The molecule has 1 saturated heterocycles. The summed E-state index contributed by atoms with van der Waals surface area (Å²) in [5, 5.41) is 2.86. The molecular formula is C21H22N4O3. The Labute approximate surface area is 163 Å². The average molecular weight is 378 g/mol. The topological polar surface area (TPSA) is 82.6 Å². The molecule has 0 spiro atoms. The Bertz CT molecular complexity index is 987. The zero-order valence-corrected chi connectivity index (χ0v) is 16.1. The molecule has 0 radical (unpaired) electrons. The van der Waals surface area contributed by atoms with Crippen molar-refractivity contribution >= 4 is 29.2 Å². The third kappa shape index (κ3) is 2.42. The fraction of sp³-hybridized carbons (Fsp3) is 0.333. The van der Waals surface area contributed by atoms with Crippen LogP contribution >= 0.6 is 0 Å². The van der Waals surface area contributed by atoms with E-state index in [1.165, 1.54) is 9.80 Å². The summed E-state index contributed by atoms with van der Waals surface area (Å²) in [6.07, 6.45) is 2.03. The van der Waals surface area contributed by atoms with Crippen molar-refractivity contribution in [1.82, 2.24) is 9.88 Å². The zero-order valence-electron chi connectivity index (χ0n) is 16.1. The van der Waals surface area contributed by atoms with Crippen molar-refractivity contribution < 1.29 is 14.4 Å². The van der Waals surface area contributed by atoms with E-state index in [0.717, 1.165) is 5.56 Å². The van der Waals surface area contributed by atoms with Crippen LogP contribution in [0.4, 0.5) is 11.5 Å². The number of rotatable bonds is 3. The van der Waals surface area contributed by atoms with E-state index < -0.39 is 11.6 Å². The van der Waals surface area contributed by atoms with E-state index in [1.54, 1.807) is 36.5 Å². The van der Waals surface area contributed by atoms with Crippen LogP contribution in [0.3, 0.4) is 0 Å². The van der Waals surface area contributed by atoms with E-state index in [1.807, 2.05) is 26.8 Å². The van der Waals surface area contributed by atoms with Crippen molar-refractivity contribution in [2.75, 3.05) is 10.2 Å². The number of anilines is 2. The summed E-state index contributed by atoms with van der Waals surface area (Å²) in [5.41, 5.74) is 0.325. The molecule has 0 saturated carbocycles. The van der Waals surface area contributed by atoms with Crippen molar-refractivity contribution in [3.63, 3.8) is 0 Å². The van der Waals surface area contributed by atoms with Crippen LogP contribution in [0.5, 0.6) is 0 Å². The predicted molar refractivity (Wildman–Crippen MR) is 105 cm³/mol. The van der Waals surface area contributed by atoms with Crippen LogP contribution in [0, 0.1) is 6.92 Å². The minimum absolute atomic E-state index is 0.168. The highest BCUT2D eigenvalue weighted by molar-refractivity contribution is 6.18. The number of benzene rings is 1. The number of para-hydroxylation sites is 1. The Morgan fingerprint density at radius 3 is 2.64 bits per heavy atom. The number of nitrogens with one attached hydrogen (secondary N) is 1. The van der Waals surface area contributed by atoms with Gasteiger partial charge in [0.25, 0.3) is 11.8 Å². The Morgan fingerprint density at radius 2 is 1.93 bits per heavy atom. The van der Waals surface area contributed by atoms with E-state index >= 15 is 0 Å². The van der Waals surface area contributed by atoms with Crippen LogP contribution in [0.25, 0.3) is 0 Å². The molecule has 1 fully saturated rings. The summed E-state index contributed by atoms with van der Waals surface area (Å²) >= 11 is 0. The van der Waals surface area contributed by atoms with Crippen molar-refractivity contribution in [2.45, 2.75) is 45.3 Å². The molecule has 2 aliphatic rings. The summed E-state index contributed by atoms with van der Waals surface area (Å²) in [5.74, 6) is -0.407. The number of aryl methyl sites for hydroxylation is 1. The Morgan fingerprint density at radius 1 is 1.18 bits per heavy atom. The molecule has 28 heavy (non-hydrogen) atoms. The first kappa shape index (κ1) is 18.2. The molecule has 0 unspecified atom stereocenters. The molecule has 144 valence electrons. The van der Waals surface area contributed by atoms with Crippen molar-refractivity contribution in [1.29, 1.82) is 0 Å². The number of carbonyl (C=O) groups is 3. The van der Waals surface area contributed by atoms with E-state index in [2.05, 4.69) is 10.3 Å². The van der Waals surface area contributed by atoms with Crippen LogP contribution in [0.1, 0.15) is 42.6 Å². The van der Waals surface area contributed by atoms with Gasteiger partial charge in [-0.2, -0.15) is 0 Å². The van der Waals surface area contributed by atoms with Gasteiger partial charge in [0.2, 0.25) is 11.6 Å². The van der Waals surface area contributed by atoms with Gasteiger partial charge in [0.1, 0.15) is 5.82 Å². The van der Waals surface area contributed by atoms with Crippen LogP contribution < -0.4 is 10.2 Å². The molecule has 7 heteroatoms. The van der Waals surface area contributed by atoms with E-state index in [-0.39, 0.29) is 30.7 Å². The lowest BCUT2D eigenvalue weighted by Crippen LogP contribution is -2.71. The highest BCUT2D eigenvalue weighted by Crippen LogP contribution is 2.45. The van der Waals surface area contributed by atoms with Gasteiger partial charge in [-0.3, -0.25) is 19.3 Å². The largest absolute Gasteiger partial charge is 0.307 e. The quantitative estimate of drug-likeness (QED) is 0.890. The van der Waals surface area contributed by atoms with Gasteiger partial charge in [0.05, 0.1) is 11.3 Å². The summed E-state index contributed by atoms with van der Waals surface area (Å²) in [7, 11) is 0. The highest BCUT2D eigenvalue weighted by atomic mass is 16.2. The molecule has 2 aromatic rings. The number of aromatic nitrogens is 1. The summed E-state index contributed by atoms with van der Waals surface area (Å²) in [4.78, 5) is 47.1. The summed E-state index contributed by atoms with van der Waals surface area (Å²) in [6.45, 7) is 5.56. The Balaban J connectivity index is 1.88. The van der Waals surface area contributed by atoms with Gasteiger partial charge in [-0.05, 0) is 44.5 Å². The number of hydrogen-bond acceptors (Lipinski definition) is 4. The van der Waals surface area contributed by atoms with Gasteiger partial charge < -0.3 is 10.2 Å². The Hall–Kier alpha value is -3.22. The monoisotopic (exact) mass is 378 g/mol. The summed E-state index contributed by atoms with van der Waals surface area (Å²) in [6, 6.07) is 10.3. The molecule has 3 heterocycles. The maximum atomic E-state index is 13.6. The van der Waals surface area contributed by atoms with Crippen molar-refractivity contribution in [2.24, 2.45) is 0 Å². The average Bonchev–Trinajstić information content (AvgIpc) is 3.02. The third-order valence-corrected chi connectivity index (χ3v) is 5.42. The molecule has 1 N–H and O–H groups in total. The van der Waals surface area contributed by atoms with Crippen molar-refractivity contribution in [3.05, 3.63) is 53.7 Å².